The molecule has 138 valence electrons. The molecule has 0 atom stereocenters. The molecular weight excluding hydrogens is 320 g/mol. The first-order valence-electron chi connectivity index (χ1n) is 8.90. The van der Waals surface area contributed by atoms with E-state index < -0.39 is 4.92 Å². The first-order valence-corrected chi connectivity index (χ1v) is 8.90. The highest BCUT2D eigenvalue weighted by atomic mass is 16.6. The van der Waals surface area contributed by atoms with E-state index >= 15 is 0 Å². The third kappa shape index (κ3) is 6.70. The molecule has 2 rings (SSSR count). The van der Waals surface area contributed by atoms with Crippen LogP contribution in [-0.4, -0.2) is 34.7 Å². The average molecular weight is 348 g/mol. The molecular formula is C18H28N4O3. The van der Waals surface area contributed by atoms with Gasteiger partial charge in [0.25, 0.3) is 5.69 Å². The van der Waals surface area contributed by atoms with Crippen LogP contribution in [-0.2, 0) is 6.54 Å². The summed E-state index contributed by atoms with van der Waals surface area (Å²) >= 11 is 0. The van der Waals surface area contributed by atoms with Crippen LogP contribution >= 0.6 is 0 Å². The molecule has 0 amide bonds. The second-order valence-corrected chi connectivity index (χ2v) is 7.01. The lowest BCUT2D eigenvalue weighted by Crippen LogP contribution is -2.46. The van der Waals surface area contributed by atoms with Crippen molar-refractivity contribution in [1.29, 1.82) is 0 Å². The van der Waals surface area contributed by atoms with Crippen molar-refractivity contribution in [2.24, 2.45) is 10.9 Å². The van der Waals surface area contributed by atoms with Gasteiger partial charge in [0.2, 0.25) is 0 Å². The zero-order valence-electron chi connectivity index (χ0n) is 14.9. The minimum absolute atomic E-state index is 0.0878. The summed E-state index contributed by atoms with van der Waals surface area (Å²) in [6.07, 6.45) is 3.32. The maximum atomic E-state index is 10.7. The molecule has 25 heavy (non-hydrogen) atoms. The lowest BCUT2D eigenvalue weighted by molar-refractivity contribution is -0.384. The number of rotatable bonds is 6. The Labute approximate surface area is 148 Å². The van der Waals surface area contributed by atoms with Crippen LogP contribution in [0.25, 0.3) is 0 Å². The highest BCUT2D eigenvalue weighted by Crippen LogP contribution is 2.18. The first kappa shape index (κ1) is 19.2. The van der Waals surface area contributed by atoms with E-state index in [1.807, 2.05) is 0 Å². The van der Waals surface area contributed by atoms with E-state index in [1.54, 1.807) is 12.1 Å². The summed E-state index contributed by atoms with van der Waals surface area (Å²) in [5.74, 6) is 1.26. The van der Waals surface area contributed by atoms with Crippen molar-refractivity contribution in [2.45, 2.75) is 58.2 Å². The first-order chi connectivity index (χ1) is 11.9. The molecule has 0 spiro atoms. The Morgan fingerprint density at radius 1 is 1.28 bits per heavy atom. The van der Waals surface area contributed by atoms with E-state index in [-0.39, 0.29) is 11.8 Å². The molecule has 1 saturated carbocycles. The molecule has 7 nitrogen and oxygen atoms in total. The molecule has 1 fully saturated rings. The third-order valence-corrected chi connectivity index (χ3v) is 4.28. The molecule has 3 N–H and O–H groups in total. The summed E-state index contributed by atoms with van der Waals surface area (Å²) in [6.45, 7) is 5.55. The van der Waals surface area contributed by atoms with Crippen molar-refractivity contribution in [1.82, 2.24) is 10.6 Å². The van der Waals surface area contributed by atoms with Crippen LogP contribution < -0.4 is 10.6 Å². The number of hydrogen-bond acceptors (Lipinski definition) is 4. The minimum Gasteiger partial charge on any atom is -0.393 e. The molecule has 0 unspecified atom stereocenters. The number of nitro groups is 1. The van der Waals surface area contributed by atoms with Gasteiger partial charge in [-0.25, -0.2) is 4.99 Å². The SMILES string of the molecule is CC(C)CNC(=NCc1ccc([N+](=O)[O-])cc1)NC1CCC(O)CC1. The smallest absolute Gasteiger partial charge is 0.269 e. The summed E-state index contributed by atoms with van der Waals surface area (Å²) < 4.78 is 0. The van der Waals surface area contributed by atoms with Gasteiger partial charge in [-0.05, 0) is 37.2 Å². The van der Waals surface area contributed by atoms with E-state index in [4.69, 9.17) is 0 Å². The van der Waals surface area contributed by atoms with Crippen LogP contribution in [0, 0.1) is 16.0 Å². The van der Waals surface area contributed by atoms with Gasteiger partial charge >= 0.3 is 0 Å². The highest BCUT2D eigenvalue weighted by molar-refractivity contribution is 5.80. The standard InChI is InChI=1S/C18H28N4O3/c1-13(2)11-19-18(21-15-5-9-17(23)10-6-15)20-12-14-3-7-16(8-4-14)22(24)25/h3-4,7-8,13,15,17,23H,5-6,9-12H2,1-2H3,(H2,19,20,21). The molecule has 0 bridgehead atoms. The number of aliphatic hydroxyl groups excluding tert-OH is 1. The van der Waals surface area contributed by atoms with Gasteiger partial charge in [0.1, 0.15) is 0 Å². The lowest BCUT2D eigenvalue weighted by Gasteiger charge is -2.28. The molecule has 1 aliphatic rings. The van der Waals surface area contributed by atoms with Crippen LogP contribution in [0.3, 0.4) is 0 Å². The predicted octanol–water partition coefficient (Wildman–Crippen LogP) is 2.59. The van der Waals surface area contributed by atoms with Crippen molar-refractivity contribution in [3.05, 3.63) is 39.9 Å². The van der Waals surface area contributed by atoms with Crippen LogP contribution in [0.15, 0.2) is 29.3 Å². The lowest BCUT2D eigenvalue weighted by atomic mass is 9.93. The summed E-state index contributed by atoms with van der Waals surface area (Å²) in [7, 11) is 0. The monoisotopic (exact) mass is 348 g/mol. The molecule has 1 aromatic carbocycles. The Morgan fingerprint density at radius 3 is 2.48 bits per heavy atom. The van der Waals surface area contributed by atoms with Crippen LogP contribution in [0.2, 0.25) is 0 Å². The highest BCUT2D eigenvalue weighted by Gasteiger charge is 2.20. The molecule has 0 heterocycles. The van der Waals surface area contributed by atoms with Gasteiger partial charge in [-0.3, -0.25) is 10.1 Å². The quantitative estimate of drug-likeness (QED) is 0.317. The maximum Gasteiger partial charge on any atom is 0.269 e. The zero-order valence-corrected chi connectivity index (χ0v) is 14.9. The van der Waals surface area contributed by atoms with Crippen molar-refractivity contribution in [3.8, 4) is 0 Å². The van der Waals surface area contributed by atoms with Gasteiger partial charge in [-0.15, -0.1) is 0 Å². The second-order valence-electron chi connectivity index (χ2n) is 7.01. The largest absolute Gasteiger partial charge is 0.393 e. The molecule has 0 aromatic heterocycles. The van der Waals surface area contributed by atoms with Gasteiger partial charge in [0, 0.05) is 24.7 Å². The number of hydrogen-bond donors (Lipinski definition) is 3. The summed E-state index contributed by atoms with van der Waals surface area (Å²) in [5.41, 5.74) is 1.01. The fourth-order valence-electron chi connectivity index (χ4n) is 2.76. The van der Waals surface area contributed by atoms with Crippen molar-refractivity contribution >= 4 is 11.6 Å². The fraction of sp³-hybridized carbons (Fsp3) is 0.611. The number of guanidine groups is 1. The Hall–Kier alpha value is -2.15. The van der Waals surface area contributed by atoms with E-state index in [2.05, 4.69) is 29.5 Å². The summed E-state index contributed by atoms with van der Waals surface area (Å²) in [6, 6.07) is 6.79. The number of non-ortho nitro benzene ring substituents is 1. The second kappa shape index (κ2) is 9.36. The van der Waals surface area contributed by atoms with Crippen molar-refractivity contribution in [2.75, 3.05) is 6.54 Å². The molecule has 0 radical (unpaired) electrons. The van der Waals surface area contributed by atoms with E-state index in [0.29, 0.717) is 18.5 Å². The zero-order chi connectivity index (χ0) is 18.2. The van der Waals surface area contributed by atoms with Gasteiger partial charge in [0.05, 0.1) is 17.6 Å². The van der Waals surface area contributed by atoms with E-state index in [1.165, 1.54) is 12.1 Å². The predicted molar refractivity (Wildman–Crippen MR) is 98.5 cm³/mol. The van der Waals surface area contributed by atoms with E-state index in [0.717, 1.165) is 43.8 Å². The van der Waals surface area contributed by atoms with Gasteiger partial charge < -0.3 is 15.7 Å². The number of aliphatic hydroxyl groups is 1. The number of nitro benzene ring substituents is 1. The topological polar surface area (TPSA) is 99.8 Å². The van der Waals surface area contributed by atoms with Crippen LogP contribution in [0.4, 0.5) is 5.69 Å². The number of aliphatic imine (C=N–C) groups is 1. The Morgan fingerprint density at radius 2 is 1.92 bits per heavy atom. The summed E-state index contributed by atoms with van der Waals surface area (Å²) in [4.78, 5) is 14.9. The maximum absolute atomic E-state index is 10.7. The Kier molecular flexibility index (Phi) is 7.18. The number of benzene rings is 1. The normalized spacial score (nSPS) is 21.2. The van der Waals surface area contributed by atoms with Gasteiger partial charge in [-0.2, -0.15) is 0 Å². The third-order valence-electron chi connectivity index (χ3n) is 4.28. The number of nitrogens with zero attached hydrogens (tertiary/aromatic N) is 2. The molecule has 0 saturated heterocycles. The Bertz CT molecular complexity index is 578. The van der Waals surface area contributed by atoms with Crippen LogP contribution in [0.1, 0.15) is 45.1 Å². The van der Waals surface area contributed by atoms with Gasteiger partial charge in [0.15, 0.2) is 5.96 Å². The summed E-state index contributed by atoms with van der Waals surface area (Å²) in [5, 5.41) is 27.1. The fourth-order valence-corrected chi connectivity index (χ4v) is 2.76. The van der Waals surface area contributed by atoms with Crippen LogP contribution in [0.5, 0.6) is 0 Å². The van der Waals surface area contributed by atoms with Gasteiger partial charge in [-0.1, -0.05) is 26.0 Å². The molecule has 0 aliphatic heterocycles. The molecule has 7 heteroatoms. The number of nitrogens with one attached hydrogen (secondary N) is 2. The van der Waals surface area contributed by atoms with E-state index in [9.17, 15) is 15.2 Å². The van der Waals surface area contributed by atoms with Crippen molar-refractivity contribution in [3.63, 3.8) is 0 Å². The molecule has 1 aliphatic carbocycles. The van der Waals surface area contributed by atoms with Crippen molar-refractivity contribution < 1.29 is 10.0 Å². The molecule has 1 aromatic rings. The Balaban J connectivity index is 1.97. The average Bonchev–Trinajstić information content (AvgIpc) is 2.59. The minimum atomic E-state index is -0.401.